The third-order valence-corrected chi connectivity index (χ3v) is 4.78. The van der Waals surface area contributed by atoms with Crippen LogP contribution in [0.15, 0.2) is 0 Å². The Bertz CT molecular complexity index is 354. The zero-order chi connectivity index (χ0) is 12.9. The summed E-state index contributed by atoms with van der Waals surface area (Å²) in [6, 6.07) is -0.120. The Hall–Kier alpha value is -0.620. The summed E-state index contributed by atoms with van der Waals surface area (Å²) >= 11 is 0. The normalized spacial score (nSPS) is 22.6. The molecule has 1 unspecified atom stereocenters. The van der Waals surface area contributed by atoms with E-state index in [1.807, 2.05) is 6.92 Å². The van der Waals surface area contributed by atoms with Gasteiger partial charge in [-0.3, -0.25) is 4.79 Å². The molecule has 0 aromatic rings. The second-order valence-electron chi connectivity index (χ2n) is 4.54. The average Bonchev–Trinajstić information content (AvgIpc) is 2.63. The number of hydrogen-bond donors (Lipinski definition) is 1. The molecule has 1 fully saturated rings. The van der Waals surface area contributed by atoms with E-state index in [1.54, 1.807) is 4.90 Å². The van der Waals surface area contributed by atoms with Crippen LogP contribution in [0, 0.1) is 0 Å². The minimum Gasteiger partial charge on any atom is -0.339 e. The van der Waals surface area contributed by atoms with Crippen molar-refractivity contribution in [1.82, 2.24) is 4.90 Å². The van der Waals surface area contributed by atoms with Crippen molar-refractivity contribution in [2.75, 3.05) is 24.6 Å². The van der Waals surface area contributed by atoms with E-state index in [4.69, 9.17) is 5.73 Å². The van der Waals surface area contributed by atoms with Gasteiger partial charge >= 0.3 is 0 Å². The maximum atomic E-state index is 12.0. The highest BCUT2D eigenvalue weighted by atomic mass is 32.2. The number of nitrogens with two attached hydrogens (primary N) is 1. The van der Waals surface area contributed by atoms with Gasteiger partial charge < -0.3 is 10.6 Å². The highest BCUT2D eigenvalue weighted by molar-refractivity contribution is 7.91. The van der Waals surface area contributed by atoms with E-state index < -0.39 is 9.84 Å². The number of amides is 1. The van der Waals surface area contributed by atoms with Crippen molar-refractivity contribution in [3.63, 3.8) is 0 Å². The van der Waals surface area contributed by atoms with Crippen LogP contribution in [0.2, 0.25) is 0 Å². The predicted molar refractivity (Wildman–Crippen MR) is 67.4 cm³/mol. The quantitative estimate of drug-likeness (QED) is 0.739. The molecule has 0 saturated carbocycles. The van der Waals surface area contributed by atoms with Crippen molar-refractivity contribution in [1.29, 1.82) is 0 Å². The zero-order valence-corrected chi connectivity index (χ0v) is 11.2. The predicted octanol–water partition coefficient (Wildman–Crippen LogP) is 0.151. The Labute approximate surface area is 103 Å². The lowest BCUT2D eigenvalue weighted by Crippen LogP contribution is -2.41. The first-order chi connectivity index (χ1) is 8.00. The molecule has 5 nitrogen and oxygen atoms in total. The SMILES string of the molecule is CCCN(C(=O)CCCN)C1CCS(=O)(=O)C1. The molecule has 0 spiro atoms. The molecule has 1 heterocycles. The molecular formula is C11H22N2O3S. The van der Waals surface area contributed by atoms with Crippen LogP contribution in [0.4, 0.5) is 0 Å². The van der Waals surface area contributed by atoms with E-state index in [-0.39, 0.29) is 23.5 Å². The number of sulfone groups is 1. The summed E-state index contributed by atoms with van der Waals surface area (Å²) in [4.78, 5) is 13.7. The van der Waals surface area contributed by atoms with Gasteiger partial charge in [0.15, 0.2) is 9.84 Å². The third-order valence-electron chi connectivity index (χ3n) is 3.03. The molecule has 1 aliphatic heterocycles. The fourth-order valence-electron chi connectivity index (χ4n) is 2.17. The van der Waals surface area contributed by atoms with Crippen molar-refractivity contribution >= 4 is 15.7 Å². The third kappa shape index (κ3) is 4.27. The minimum absolute atomic E-state index is 0.0411. The molecule has 0 aromatic carbocycles. The fraction of sp³-hybridized carbons (Fsp3) is 0.909. The second-order valence-corrected chi connectivity index (χ2v) is 6.76. The number of carbonyl (C=O) groups is 1. The van der Waals surface area contributed by atoms with Crippen molar-refractivity contribution < 1.29 is 13.2 Å². The number of nitrogens with zero attached hydrogens (tertiary/aromatic N) is 1. The molecule has 1 aliphatic rings. The summed E-state index contributed by atoms with van der Waals surface area (Å²) in [5.41, 5.74) is 5.38. The molecule has 0 bridgehead atoms. The van der Waals surface area contributed by atoms with Gasteiger partial charge in [-0.2, -0.15) is 0 Å². The standard InChI is InChI=1S/C11H22N2O3S/c1-2-7-13(11(14)4-3-6-12)10-5-8-17(15,16)9-10/h10H,2-9,12H2,1H3. The first-order valence-corrected chi connectivity index (χ1v) is 8.02. The van der Waals surface area contributed by atoms with E-state index in [1.165, 1.54) is 0 Å². The van der Waals surface area contributed by atoms with Crippen molar-refractivity contribution in [3.05, 3.63) is 0 Å². The Morgan fingerprint density at radius 3 is 2.65 bits per heavy atom. The summed E-state index contributed by atoms with van der Waals surface area (Å²) in [6.07, 6.45) is 2.52. The molecular weight excluding hydrogens is 240 g/mol. The molecule has 2 N–H and O–H groups in total. The average molecular weight is 262 g/mol. The van der Waals surface area contributed by atoms with Crippen LogP contribution in [-0.2, 0) is 14.6 Å². The summed E-state index contributed by atoms with van der Waals surface area (Å²) in [7, 11) is -2.93. The summed E-state index contributed by atoms with van der Waals surface area (Å²) < 4.78 is 22.9. The Kier molecular flexibility index (Phi) is 5.39. The molecule has 1 rings (SSSR count). The molecule has 17 heavy (non-hydrogen) atoms. The van der Waals surface area contributed by atoms with E-state index >= 15 is 0 Å². The van der Waals surface area contributed by atoms with Crippen LogP contribution < -0.4 is 5.73 Å². The molecule has 1 amide bonds. The number of carbonyl (C=O) groups excluding carboxylic acids is 1. The van der Waals surface area contributed by atoms with Gasteiger partial charge in [0.25, 0.3) is 0 Å². The van der Waals surface area contributed by atoms with Crippen LogP contribution in [-0.4, -0.2) is 49.9 Å². The van der Waals surface area contributed by atoms with Gasteiger partial charge in [-0.25, -0.2) is 8.42 Å². The lowest BCUT2D eigenvalue weighted by molar-refractivity contribution is -0.133. The fourth-order valence-corrected chi connectivity index (χ4v) is 3.90. The molecule has 0 aliphatic carbocycles. The molecule has 0 aromatic heterocycles. The van der Waals surface area contributed by atoms with E-state index in [2.05, 4.69) is 0 Å². The van der Waals surface area contributed by atoms with Gasteiger partial charge in [-0.15, -0.1) is 0 Å². The number of hydrogen-bond acceptors (Lipinski definition) is 4. The van der Waals surface area contributed by atoms with E-state index in [9.17, 15) is 13.2 Å². The number of rotatable bonds is 6. The van der Waals surface area contributed by atoms with Gasteiger partial charge in [-0.05, 0) is 25.8 Å². The van der Waals surface area contributed by atoms with Gasteiger partial charge in [0, 0.05) is 19.0 Å². The topological polar surface area (TPSA) is 80.5 Å². The summed E-state index contributed by atoms with van der Waals surface area (Å²) in [5, 5.41) is 0. The van der Waals surface area contributed by atoms with E-state index in [0.29, 0.717) is 32.4 Å². The lowest BCUT2D eigenvalue weighted by Gasteiger charge is -2.28. The highest BCUT2D eigenvalue weighted by Crippen LogP contribution is 2.19. The lowest BCUT2D eigenvalue weighted by atomic mass is 10.1. The maximum absolute atomic E-state index is 12.0. The van der Waals surface area contributed by atoms with Crippen molar-refractivity contribution in [2.24, 2.45) is 5.73 Å². The molecule has 1 saturated heterocycles. The second kappa shape index (κ2) is 6.35. The largest absolute Gasteiger partial charge is 0.339 e. The van der Waals surface area contributed by atoms with Crippen LogP contribution in [0.3, 0.4) is 0 Å². The van der Waals surface area contributed by atoms with Crippen LogP contribution in [0.1, 0.15) is 32.6 Å². The summed E-state index contributed by atoms with van der Waals surface area (Å²) in [6.45, 7) is 3.13. The van der Waals surface area contributed by atoms with Crippen molar-refractivity contribution in [2.45, 2.75) is 38.6 Å². The first kappa shape index (κ1) is 14.4. The van der Waals surface area contributed by atoms with Gasteiger partial charge in [0.1, 0.15) is 0 Å². The van der Waals surface area contributed by atoms with Crippen LogP contribution in [0.5, 0.6) is 0 Å². The smallest absolute Gasteiger partial charge is 0.222 e. The monoisotopic (exact) mass is 262 g/mol. The molecule has 6 heteroatoms. The molecule has 0 radical (unpaired) electrons. The maximum Gasteiger partial charge on any atom is 0.222 e. The summed E-state index contributed by atoms with van der Waals surface area (Å²) in [5.74, 6) is 0.378. The van der Waals surface area contributed by atoms with E-state index in [0.717, 1.165) is 6.42 Å². The van der Waals surface area contributed by atoms with Crippen molar-refractivity contribution in [3.8, 4) is 0 Å². The molecule has 1 atom stereocenters. The Morgan fingerprint density at radius 2 is 2.18 bits per heavy atom. The zero-order valence-electron chi connectivity index (χ0n) is 10.4. The minimum atomic E-state index is -2.93. The highest BCUT2D eigenvalue weighted by Gasteiger charge is 2.33. The van der Waals surface area contributed by atoms with Gasteiger partial charge in [-0.1, -0.05) is 6.92 Å². The van der Waals surface area contributed by atoms with Crippen LogP contribution in [0.25, 0.3) is 0 Å². The van der Waals surface area contributed by atoms with Gasteiger partial charge in [0.05, 0.1) is 11.5 Å². The Morgan fingerprint density at radius 1 is 1.47 bits per heavy atom. The van der Waals surface area contributed by atoms with Crippen LogP contribution >= 0.6 is 0 Å². The first-order valence-electron chi connectivity index (χ1n) is 6.20. The van der Waals surface area contributed by atoms with Gasteiger partial charge in [0.2, 0.25) is 5.91 Å². The molecule has 100 valence electrons. The Balaban J connectivity index is 2.62.